The Balaban J connectivity index is 2.91. The van der Waals surface area contributed by atoms with E-state index in [4.69, 9.17) is 23.0 Å². The molecule has 0 aliphatic rings. The largest absolute Gasteiger partial charge is 0.481 e. The fraction of sp³-hybridized carbons (Fsp3) is 0.231. The molecule has 1 aromatic rings. The molecule has 18 heavy (non-hydrogen) atoms. The minimum Gasteiger partial charge on any atom is -0.481 e. The minimum atomic E-state index is -0.889. The van der Waals surface area contributed by atoms with Crippen LogP contribution in [0.25, 0.3) is 0 Å². The second-order valence-corrected chi connectivity index (χ2v) is 3.76. The first-order chi connectivity index (χ1) is 8.54. The van der Waals surface area contributed by atoms with E-state index in [1.807, 2.05) is 0 Å². The number of carboxylic acids is 1. The van der Waals surface area contributed by atoms with Crippen molar-refractivity contribution in [1.29, 1.82) is 0 Å². The number of aliphatic carboxylic acids is 1. The highest BCUT2D eigenvalue weighted by atomic mass is 16.4. The van der Waals surface area contributed by atoms with Gasteiger partial charge in [-0.15, -0.1) is 12.3 Å². The summed E-state index contributed by atoms with van der Waals surface area (Å²) in [5, 5.41) is 9.13. The Labute approximate surface area is 106 Å². The number of guanidine groups is 1. The van der Waals surface area contributed by atoms with Gasteiger partial charge in [-0.1, -0.05) is 12.1 Å². The first-order valence-electron chi connectivity index (χ1n) is 5.40. The molecule has 5 nitrogen and oxygen atoms in total. The molecule has 0 fully saturated rings. The van der Waals surface area contributed by atoms with Crippen LogP contribution in [-0.2, 0) is 4.79 Å². The summed E-state index contributed by atoms with van der Waals surface area (Å²) in [6.45, 7) is 0. The van der Waals surface area contributed by atoms with E-state index in [1.165, 1.54) is 0 Å². The Morgan fingerprint density at radius 2 is 2.00 bits per heavy atom. The molecule has 1 rings (SSSR count). The van der Waals surface area contributed by atoms with Crippen molar-refractivity contribution in [3.8, 4) is 12.3 Å². The summed E-state index contributed by atoms with van der Waals surface area (Å²) in [6, 6.07) is 6.72. The van der Waals surface area contributed by atoms with Crippen molar-refractivity contribution in [1.82, 2.24) is 0 Å². The highest BCUT2D eigenvalue weighted by Crippen LogP contribution is 2.24. The number of aliphatic imine (C=N–C) groups is 1. The van der Waals surface area contributed by atoms with Crippen LogP contribution in [-0.4, -0.2) is 17.0 Å². The third kappa shape index (κ3) is 3.83. The van der Waals surface area contributed by atoms with Crippen LogP contribution in [0.5, 0.6) is 0 Å². The fourth-order valence-electron chi connectivity index (χ4n) is 1.59. The van der Waals surface area contributed by atoms with Gasteiger partial charge in [-0.3, -0.25) is 4.79 Å². The SMILES string of the molecule is C#CCC[C@H](C(=O)O)c1ccc(N=C(N)N)cc1. The molecule has 1 atom stereocenters. The smallest absolute Gasteiger partial charge is 0.311 e. The zero-order valence-corrected chi connectivity index (χ0v) is 9.84. The Morgan fingerprint density at radius 1 is 1.39 bits per heavy atom. The molecular weight excluding hydrogens is 230 g/mol. The highest BCUT2D eigenvalue weighted by Gasteiger charge is 2.18. The Morgan fingerprint density at radius 3 is 2.44 bits per heavy atom. The molecule has 94 valence electrons. The summed E-state index contributed by atoms with van der Waals surface area (Å²) < 4.78 is 0. The number of rotatable bonds is 5. The number of nitrogens with two attached hydrogens (primary N) is 2. The van der Waals surface area contributed by atoms with Gasteiger partial charge in [0, 0.05) is 6.42 Å². The van der Waals surface area contributed by atoms with E-state index < -0.39 is 11.9 Å². The first-order valence-corrected chi connectivity index (χ1v) is 5.40. The Bertz CT molecular complexity index is 482. The highest BCUT2D eigenvalue weighted by molar-refractivity contribution is 5.79. The van der Waals surface area contributed by atoms with E-state index in [0.717, 1.165) is 0 Å². The van der Waals surface area contributed by atoms with Crippen LogP contribution < -0.4 is 11.5 Å². The summed E-state index contributed by atoms with van der Waals surface area (Å²) in [5.74, 6) is 0.913. The molecular formula is C13H15N3O2. The summed E-state index contributed by atoms with van der Waals surface area (Å²) in [7, 11) is 0. The lowest BCUT2D eigenvalue weighted by molar-refractivity contribution is -0.138. The molecule has 5 heteroatoms. The van der Waals surface area contributed by atoms with Gasteiger partial charge in [0.05, 0.1) is 11.6 Å². The lowest BCUT2D eigenvalue weighted by Gasteiger charge is -2.11. The molecule has 1 aromatic carbocycles. The van der Waals surface area contributed by atoms with E-state index in [-0.39, 0.29) is 5.96 Å². The van der Waals surface area contributed by atoms with Crippen molar-refractivity contribution in [3.63, 3.8) is 0 Å². The molecule has 5 N–H and O–H groups in total. The van der Waals surface area contributed by atoms with Crippen LogP contribution in [0.2, 0.25) is 0 Å². The normalized spacial score (nSPS) is 11.3. The number of hydrogen-bond acceptors (Lipinski definition) is 2. The second-order valence-electron chi connectivity index (χ2n) is 3.76. The molecule has 0 heterocycles. The van der Waals surface area contributed by atoms with Crippen molar-refractivity contribution in [2.45, 2.75) is 18.8 Å². The summed E-state index contributed by atoms with van der Waals surface area (Å²) in [4.78, 5) is 15.0. The van der Waals surface area contributed by atoms with E-state index >= 15 is 0 Å². The number of carboxylic acid groups (broad SMARTS) is 1. The molecule has 0 aromatic heterocycles. The third-order valence-corrected chi connectivity index (χ3v) is 2.43. The number of hydrogen-bond donors (Lipinski definition) is 3. The zero-order chi connectivity index (χ0) is 13.5. The molecule has 0 unspecified atom stereocenters. The van der Waals surface area contributed by atoms with Crippen LogP contribution >= 0.6 is 0 Å². The fourth-order valence-corrected chi connectivity index (χ4v) is 1.59. The number of terminal acetylenes is 1. The lowest BCUT2D eigenvalue weighted by Crippen LogP contribution is -2.21. The summed E-state index contributed by atoms with van der Waals surface area (Å²) >= 11 is 0. The van der Waals surface area contributed by atoms with Gasteiger partial charge in [0.25, 0.3) is 0 Å². The van der Waals surface area contributed by atoms with Crippen molar-refractivity contribution in [2.75, 3.05) is 0 Å². The molecule has 0 saturated carbocycles. The van der Waals surface area contributed by atoms with E-state index in [2.05, 4.69) is 10.9 Å². The van der Waals surface area contributed by atoms with Crippen LogP contribution in [0, 0.1) is 12.3 Å². The molecule has 0 bridgehead atoms. The topological polar surface area (TPSA) is 102 Å². The van der Waals surface area contributed by atoms with Crippen LogP contribution in [0.4, 0.5) is 5.69 Å². The van der Waals surface area contributed by atoms with Crippen LogP contribution in [0.3, 0.4) is 0 Å². The van der Waals surface area contributed by atoms with E-state index in [0.29, 0.717) is 24.1 Å². The molecule has 0 aliphatic carbocycles. The van der Waals surface area contributed by atoms with Crippen LogP contribution in [0.1, 0.15) is 24.3 Å². The van der Waals surface area contributed by atoms with Crippen molar-refractivity contribution in [3.05, 3.63) is 29.8 Å². The average Bonchev–Trinajstić information content (AvgIpc) is 2.30. The van der Waals surface area contributed by atoms with Crippen molar-refractivity contribution < 1.29 is 9.90 Å². The lowest BCUT2D eigenvalue weighted by atomic mass is 9.94. The quantitative estimate of drug-likeness (QED) is 0.411. The number of carbonyl (C=O) groups is 1. The Kier molecular flexibility index (Phi) is 4.76. The van der Waals surface area contributed by atoms with Crippen molar-refractivity contribution in [2.24, 2.45) is 16.5 Å². The monoisotopic (exact) mass is 245 g/mol. The maximum absolute atomic E-state index is 11.1. The maximum atomic E-state index is 11.1. The van der Waals surface area contributed by atoms with Gasteiger partial charge < -0.3 is 16.6 Å². The molecule has 0 amide bonds. The minimum absolute atomic E-state index is 0.0372. The molecule has 0 spiro atoms. The predicted octanol–water partition coefficient (Wildman–Crippen LogP) is 1.17. The average molecular weight is 245 g/mol. The van der Waals surface area contributed by atoms with Crippen molar-refractivity contribution >= 4 is 17.6 Å². The predicted molar refractivity (Wildman–Crippen MR) is 70.4 cm³/mol. The second kappa shape index (κ2) is 6.30. The standard InChI is InChI=1S/C13H15N3O2/c1-2-3-4-11(12(17)18)9-5-7-10(8-6-9)16-13(14)15/h1,5-8,11H,3-4H2,(H,17,18)(H4,14,15,16)/t11-/m0/s1. The van der Waals surface area contributed by atoms with E-state index in [1.54, 1.807) is 24.3 Å². The zero-order valence-electron chi connectivity index (χ0n) is 9.84. The van der Waals surface area contributed by atoms with Gasteiger partial charge in [0.1, 0.15) is 0 Å². The van der Waals surface area contributed by atoms with Gasteiger partial charge in [-0.05, 0) is 24.1 Å². The molecule has 0 saturated heterocycles. The first kappa shape index (κ1) is 13.6. The molecule has 0 aliphatic heterocycles. The van der Waals surface area contributed by atoms with Crippen LogP contribution in [0.15, 0.2) is 29.3 Å². The summed E-state index contributed by atoms with van der Waals surface area (Å²) in [5.41, 5.74) is 11.8. The maximum Gasteiger partial charge on any atom is 0.311 e. The van der Waals surface area contributed by atoms with Gasteiger partial charge in [-0.2, -0.15) is 0 Å². The molecule has 0 radical (unpaired) electrons. The van der Waals surface area contributed by atoms with Gasteiger partial charge >= 0.3 is 5.97 Å². The number of benzene rings is 1. The third-order valence-electron chi connectivity index (χ3n) is 2.43. The Hall–Kier alpha value is -2.48. The summed E-state index contributed by atoms with van der Waals surface area (Å²) in [6.07, 6.45) is 5.98. The van der Waals surface area contributed by atoms with E-state index in [9.17, 15) is 4.79 Å². The van der Waals surface area contributed by atoms with Gasteiger partial charge in [0.15, 0.2) is 5.96 Å². The number of nitrogens with zero attached hydrogens (tertiary/aromatic N) is 1. The van der Waals surface area contributed by atoms with Gasteiger partial charge in [-0.25, -0.2) is 4.99 Å². The van der Waals surface area contributed by atoms with Gasteiger partial charge in [0.2, 0.25) is 0 Å².